The molecule has 0 aliphatic rings. The fraction of sp³-hybridized carbons (Fsp3) is 0.232. The van der Waals surface area contributed by atoms with E-state index < -0.39 is 156 Å². The summed E-state index contributed by atoms with van der Waals surface area (Å²) in [6.07, 6.45) is 4.70. The van der Waals surface area contributed by atoms with Crippen LogP contribution < -0.4 is 26.4 Å². The highest BCUT2D eigenvalue weighted by atomic mass is 19.2. The van der Waals surface area contributed by atoms with E-state index in [1.165, 1.54) is 0 Å². The van der Waals surface area contributed by atoms with Crippen LogP contribution in [0.3, 0.4) is 0 Å². The van der Waals surface area contributed by atoms with Crippen LogP contribution in [0.25, 0.3) is 16.3 Å². The molecule has 7 aromatic rings. The summed E-state index contributed by atoms with van der Waals surface area (Å²) in [5.74, 6) is -72.6. The second-order valence-electron chi connectivity index (χ2n) is 18.2. The average Bonchev–Trinajstić information content (AvgIpc) is 3.46. The van der Waals surface area contributed by atoms with Crippen LogP contribution in [0.15, 0.2) is 78.6 Å². The molecular weight excluding hydrogens is 1140 g/mol. The van der Waals surface area contributed by atoms with Crippen LogP contribution in [0.2, 0.25) is 0 Å². The molecule has 1 aromatic heterocycles. The summed E-state index contributed by atoms with van der Waals surface area (Å²) < 4.78 is 307. The third kappa shape index (κ3) is 12.0. The van der Waals surface area contributed by atoms with Gasteiger partial charge in [0.15, 0.2) is 94.3 Å². The van der Waals surface area contributed by atoms with Crippen LogP contribution in [0, 0.1) is 116 Å². The first-order valence-corrected chi connectivity index (χ1v) is 24.6. The number of benzene rings is 6. The molecule has 5 nitrogen and oxygen atoms in total. The van der Waals surface area contributed by atoms with Crippen molar-refractivity contribution in [1.29, 1.82) is 0 Å². The predicted molar refractivity (Wildman–Crippen MR) is 257 cm³/mol. The smallest absolute Gasteiger partial charge is 0.346 e. The molecule has 0 atom stereocenters. The van der Waals surface area contributed by atoms with Gasteiger partial charge in [-0.3, -0.25) is 0 Å². The summed E-state index contributed by atoms with van der Waals surface area (Å²) >= 11 is 0. The number of halogens is 20. The molecule has 6 aromatic carbocycles. The Kier molecular flexibility index (Phi) is 20.7. The Morgan fingerprint density at radius 3 is 1.01 bits per heavy atom. The number of carbonyl (C=O) groups excluding carboxylic acids is 2. The number of hydrogen-bond acceptors (Lipinski definition) is 4. The van der Waals surface area contributed by atoms with Crippen molar-refractivity contribution in [2.24, 2.45) is 0 Å². The Hall–Kier alpha value is -7.93. The number of unbranched alkanes of at least 4 members (excludes halogenated alkanes) is 6. The standard InChI is InChI=1S/C32H40NO4.C24BF20/c1-3-5-7-14-22-36-31(34)30(32(35)37-23-15-8-6-4-2)29(27-17-10-9-11-18-27)25-33-21-20-26-16-12-13-19-28(26)24-33;26-5-1(6(27)14(35)21(42)13(5)34)25(2-7(28)15(36)22(43)16(37)8(2)29,3-9(30)17(38)23(44)18(39)10(3)31)4-11(32)19(40)24(45)20(41)12(4)33/h9-13,16-21,24H,3-8,14-15,22-23,25H2,1-2H3;/q+1;-1. The van der Waals surface area contributed by atoms with Gasteiger partial charge in [0.25, 0.3) is 0 Å². The van der Waals surface area contributed by atoms with Crippen molar-refractivity contribution in [1.82, 2.24) is 0 Å². The lowest BCUT2D eigenvalue weighted by atomic mass is 9.12. The van der Waals surface area contributed by atoms with Crippen LogP contribution in [0.4, 0.5) is 87.8 Å². The van der Waals surface area contributed by atoms with Crippen LogP contribution in [-0.2, 0) is 25.6 Å². The van der Waals surface area contributed by atoms with Gasteiger partial charge in [0.1, 0.15) is 52.7 Å². The molecule has 0 unspecified atom stereocenters. The van der Waals surface area contributed by atoms with E-state index in [0.29, 0.717) is 12.1 Å². The van der Waals surface area contributed by atoms with E-state index in [1.807, 2.05) is 71.6 Å². The van der Waals surface area contributed by atoms with E-state index in [4.69, 9.17) is 9.47 Å². The van der Waals surface area contributed by atoms with Gasteiger partial charge in [0, 0.05) is 17.0 Å². The highest BCUT2D eigenvalue weighted by Gasteiger charge is 2.52. The molecule has 1 heterocycles. The van der Waals surface area contributed by atoms with Crippen molar-refractivity contribution in [3.05, 3.63) is 201 Å². The number of nitrogens with zero attached hydrogens (tertiary/aromatic N) is 1. The number of fused-ring (bicyclic) bond motifs is 1. The minimum absolute atomic E-state index is 0.0159. The number of allylic oxidation sites excluding steroid dienone is 1. The number of ether oxygens (including phenoxy) is 2. The molecule has 82 heavy (non-hydrogen) atoms. The zero-order valence-corrected chi connectivity index (χ0v) is 42.4. The largest absolute Gasteiger partial charge is 0.462 e. The summed E-state index contributed by atoms with van der Waals surface area (Å²) in [6.45, 7) is 5.19. The van der Waals surface area contributed by atoms with E-state index in [2.05, 4.69) is 19.9 Å². The maximum atomic E-state index is 15.4. The monoisotopic (exact) mass is 1180 g/mol. The van der Waals surface area contributed by atoms with Gasteiger partial charge in [-0.05, 0) is 29.9 Å². The molecule has 26 heteroatoms. The van der Waals surface area contributed by atoms with Crippen molar-refractivity contribution >= 4 is 56.3 Å². The Morgan fingerprint density at radius 2 is 0.683 bits per heavy atom. The van der Waals surface area contributed by atoms with E-state index in [1.54, 1.807) is 0 Å². The lowest BCUT2D eigenvalue weighted by Crippen LogP contribution is -2.81. The molecule has 0 saturated carbocycles. The number of aromatic nitrogens is 1. The molecule has 0 aliphatic carbocycles. The lowest BCUT2D eigenvalue weighted by Gasteiger charge is -2.44. The quantitative estimate of drug-likeness (QED) is 0.00774. The van der Waals surface area contributed by atoms with E-state index >= 15 is 35.1 Å². The molecule has 0 radical (unpaired) electrons. The van der Waals surface area contributed by atoms with Gasteiger partial charge >= 0.3 is 11.9 Å². The fourth-order valence-electron chi connectivity index (χ4n) is 9.15. The first-order valence-electron chi connectivity index (χ1n) is 24.6. The van der Waals surface area contributed by atoms with Crippen molar-refractivity contribution in [2.75, 3.05) is 13.2 Å². The number of carbonyl (C=O) groups is 2. The average molecular weight is 1180 g/mol. The fourth-order valence-corrected chi connectivity index (χ4v) is 9.15. The minimum Gasteiger partial charge on any atom is -0.462 e. The summed E-state index contributed by atoms with van der Waals surface area (Å²) in [5, 5.41) is 2.21. The van der Waals surface area contributed by atoms with Crippen LogP contribution >= 0.6 is 0 Å². The van der Waals surface area contributed by atoms with Gasteiger partial charge < -0.3 is 9.47 Å². The topological polar surface area (TPSA) is 56.5 Å². The van der Waals surface area contributed by atoms with Gasteiger partial charge in [-0.25, -0.2) is 102 Å². The third-order valence-corrected chi connectivity index (χ3v) is 13.1. The van der Waals surface area contributed by atoms with E-state index in [-0.39, 0.29) is 18.8 Å². The molecule has 0 fully saturated rings. The first-order chi connectivity index (χ1) is 38.8. The third-order valence-electron chi connectivity index (χ3n) is 13.1. The molecule has 0 N–H and O–H groups in total. The Labute approximate surface area is 452 Å². The number of rotatable bonds is 19. The van der Waals surface area contributed by atoms with Gasteiger partial charge in [-0.2, -0.15) is 0 Å². The van der Waals surface area contributed by atoms with Gasteiger partial charge in [0.05, 0.1) is 13.2 Å². The molecule has 0 aliphatic heterocycles. The van der Waals surface area contributed by atoms with Crippen molar-refractivity contribution in [2.45, 2.75) is 71.8 Å². The molecular formula is C56H40BF20NO4. The number of hydrogen-bond donors (Lipinski definition) is 0. The maximum absolute atomic E-state index is 15.4. The van der Waals surface area contributed by atoms with Crippen LogP contribution in [0.1, 0.15) is 70.8 Å². The second kappa shape index (κ2) is 26.8. The molecule has 0 saturated heterocycles. The highest BCUT2D eigenvalue weighted by molar-refractivity contribution is 7.20. The zero-order chi connectivity index (χ0) is 60.7. The molecule has 0 amide bonds. The predicted octanol–water partition coefficient (Wildman–Crippen LogP) is 12.7. The van der Waals surface area contributed by atoms with Gasteiger partial charge in [0.2, 0.25) is 0 Å². The maximum Gasteiger partial charge on any atom is 0.346 e. The van der Waals surface area contributed by atoms with Crippen molar-refractivity contribution < 1.29 is 111 Å². The summed E-state index contributed by atoms with van der Waals surface area (Å²) in [4.78, 5) is 26.8. The Morgan fingerprint density at radius 1 is 0.378 bits per heavy atom. The second-order valence-corrected chi connectivity index (χ2v) is 18.2. The summed E-state index contributed by atoms with van der Waals surface area (Å²) in [6, 6.07) is 19.7. The normalized spacial score (nSPS) is 11.4. The van der Waals surface area contributed by atoms with E-state index in [9.17, 15) is 62.3 Å². The highest BCUT2D eigenvalue weighted by Crippen LogP contribution is 2.31. The Balaban J connectivity index is 0.000000269. The Bertz CT molecular complexity index is 3190. The lowest BCUT2D eigenvalue weighted by molar-refractivity contribution is -0.683. The molecule has 0 bridgehead atoms. The van der Waals surface area contributed by atoms with E-state index in [0.717, 1.165) is 67.7 Å². The first kappa shape index (κ1) is 63.3. The molecule has 0 spiro atoms. The van der Waals surface area contributed by atoms with Gasteiger partial charge in [-0.1, -0.05) is 101 Å². The minimum atomic E-state index is -7.22. The number of pyridine rings is 1. The summed E-state index contributed by atoms with van der Waals surface area (Å²) in [5.41, 5.74) is -13.0. The van der Waals surface area contributed by atoms with Gasteiger partial charge in [-0.15, -0.1) is 21.9 Å². The zero-order valence-electron chi connectivity index (χ0n) is 42.4. The summed E-state index contributed by atoms with van der Waals surface area (Å²) in [7, 11) is 0. The molecule has 436 valence electrons. The van der Waals surface area contributed by atoms with Crippen molar-refractivity contribution in [3.8, 4) is 0 Å². The SMILES string of the molecule is CCCCCCOC(=O)C(C(=O)OCCCCCC)=C(C[n+]1ccc2ccccc2c1)c1ccccc1.Fc1c(F)c(F)c([B-](c2c(F)c(F)c(F)c(F)c2F)(c2c(F)c(F)c(F)c(F)c2F)c2c(F)c(F)c(F)c(F)c2F)c(F)c1F. The molecule has 7 rings (SSSR count). The number of esters is 2. The van der Waals surface area contributed by atoms with Crippen LogP contribution in [0.5, 0.6) is 0 Å². The van der Waals surface area contributed by atoms with Crippen molar-refractivity contribution in [3.63, 3.8) is 0 Å². The van der Waals surface area contributed by atoms with Crippen LogP contribution in [-0.4, -0.2) is 31.3 Å².